The van der Waals surface area contributed by atoms with Crippen LogP contribution in [0.25, 0.3) is 11.0 Å². The summed E-state index contributed by atoms with van der Waals surface area (Å²) in [5, 5.41) is 7.61. The van der Waals surface area contributed by atoms with Gasteiger partial charge >= 0.3 is 0 Å². The van der Waals surface area contributed by atoms with Crippen LogP contribution in [0.2, 0.25) is 0 Å². The Hall–Kier alpha value is -2.96. The first-order valence-corrected chi connectivity index (χ1v) is 9.57. The lowest BCUT2D eigenvalue weighted by Gasteiger charge is -2.15. The van der Waals surface area contributed by atoms with E-state index >= 15 is 0 Å². The van der Waals surface area contributed by atoms with E-state index in [1.807, 2.05) is 49.7 Å². The summed E-state index contributed by atoms with van der Waals surface area (Å²) >= 11 is 0. The van der Waals surface area contributed by atoms with E-state index in [2.05, 4.69) is 27.3 Å². The number of carbonyl (C=O) groups is 1. The molecule has 2 aromatic heterocycles. The number of rotatable bonds is 7. The van der Waals surface area contributed by atoms with Crippen LogP contribution in [0.15, 0.2) is 24.3 Å². The smallest absolute Gasteiger partial charge is 0.235 e. The van der Waals surface area contributed by atoms with Crippen molar-refractivity contribution in [1.29, 1.82) is 0 Å². The van der Waals surface area contributed by atoms with Crippen molar-refractivity contribution >= 4 is 16.9 Å². The molecule has 148 valence electrons. The van der Waals surface area contributed by atoms with Crippen LogP contribution in [0.5, 0.6) is 5.88 Å². The third-order valence-corrected chi connectivity index (χ3v) is 4.94. The molecule has 3 rings (SSSR count). The van der Waals surface area contributed by atoms with Gasteiger partial charge < -0.3 is 10.1 Å². The van der Waals surface area contributed by atoms with Gasteiger partial charge in [0.05, 0.1) is 29.9 Å². The van der Waals surface area contributed by atoms with Gasteiger partial charge in [-0.3, -0.25) is 9.48 Å². The molecule has 0 bridgehead atoms. The van der Waals surface area contributed by atoms with E-state index in [9.17, 15) is 4.79 Å². The van der Waals surface area contributed by atoms with Gasteiger partial charge in [-0.1, -0.05) is 12.1 Å². The zero-order valence-electron chi connectivity index (χ0n) is 17.1. The molecule has 28 heavy (non-hydrogen) atoms. The van der Waals surface area contributed by atoms with Crippen LogP contribution in [-0.2, 0) is 17.8 Å². The average Bonchev–Trinajstić information content (AvgIpc) is 2.98. The molecule has 0 unspecified atom stereocenters. The summed E-state index contributed by atoms with van der Waals surface area (Å²) < 4.78 is 7.33. The van der Waals surface area contributed by atoms with E-state index in [-0.39, 0.29) is 11.9 Å². The number of carbonyl (C=O) groups excluding carboxylic acids is 1. The number of nitrogens with one attached hydrogen (secondary N) is 1. The quantitative estimate of drug-likeness (QED) is 0.679. The van der Waals surface area contributed by atoms with Crippen molar-refractivity contribution < 1.29 is 9.53 Å². The van der Waals surface area contributed by atoms with Gasteiger partial charge in [0.15, 0.2) is 0 Å². The summed E-state index contributed by atoms with van der Waals surface area (Å²) in [6, 6.07) is 7.53. The maximum Gasteiger partial charge on any atom is 0.235 e. The molecule has 0 aliphatic rings. The number of amides is 1. The van der Waals surface area contributed by atoms with Crippen molar-refractivity contribution in [1.82, 2.24) is 25.1 Å². The number of benzene rings is 1. The highest BCUT2D eigenvalue weighted by atomic mass is 16.5. The number of nitrogens with zero attached hydrogens (tertiary/aromatic N) is 4. The lowest BCUT2D eigenvalue weighted by atomic mass is 10.1. The molecule has 1 aromatic carbocycles. The van der Waals surface area contributed by atoms with Gasteiger partial charge in [-0.05, 0) is 39.8 Å². The minimum absolute atomic E-state index is 0.0347. The van der Waals surface area contributed by atoms with Gasteiger partial charge in [0, 0.05) is 30.6 Å². The molecule has 7 heteroatoms. The fourth-order valence-corrected chi connectivity index (χ4v) is 3.61. The fraction of sp³-hybridized carbons (Fsp3) is 0.429. The van der Waals surface area contributed by atoms with Gasteiger partial charge in [-0.15, -0.1) is 0 Å². The molecule has 1 amide bonds. The van der Waals surface area contributed by atoms with Crippen molar-refractivity contribution in [3.8, 4) is 5.88 Å². The molecular formula is C21H27N5O2. The molecular weight excluding hydrogens is 354 g/mol. The van der Waals surface area contributed by atoms with Gasteiger partial charge in [0.25, 0.3) is 0 Å². The summed E-state index contributed by atoms with van der Waals surface area (Å²) in [5.41, 5.74) is 5.39. The molecule has 0 radical (unpaired) electrons. The number of para-hydroxylation sites is 2. The Morgan fingerprint density at radius 3 is 2.50 bits per heavy atom. The van der Waals surface area contributed by atoms with E-state index in [1.54, 1.807) is 7.11 Å². The predicted octanol–water partition coefficient (Wildman–Crippen LogP) is 3.28. The van der Waals surface area contributed by atoms with E-state index in [0.29, 0.717) is 24.4 Å². The Labute approximate surface area is 165 Å². The number of fused-ring (bicyclic) bond motifs is 1. The molecule has 2 heterocycles. The van der Waals surface area contributed by atoms with Gasteiger partial charge in [-0.2, -0.15) is 5.10 Å². The van der Waals surface area contributed by atoms with E-state index < -0.39 is 0 Å². The molecule has 3 aromatic rings. The van der Waals surface area contributed by atoms with E-state index in [0.717, 1.165) is 34.5 Å². The highest BCUT2D eigenvalue weighted by molar-refractivity contribution is 5.77. The SMILES string of the molecule is CCn1nc(C)c([C@H](C)NC(=O)CCc2nc3ccccc3nc2OC)c1C. The first-order chi connectivity index (χ1) is 13.4. The normalized spacial score (nSPS) is 12.2. The van der Waals surface area contributed by atoms with Crippen molar-refractivity contribution in [2.24, 2.45) is 0 Å². The Kier molecular flexibility index (Phi) is 5.92. The third kappa shape index (κ3) is 3.98. The molecule has 0 fully saturated rings. The lowest BCUT2D eigenvalue weighted by Crippen LogP contribution is -2.27. The maximum absolute atomic E-state index is 12.5. The van der Waals surface area contributed by atoms with Crippen molar-refractivity contribution in [2.75, 3.05) is 7.11 Å². The topological polar surface area (TPSA) is 81.9 Å². The van der Waals surface area contributed by atoms with Gasteiger partial charge in [0.2, 0.25) is 11.8 Å². The summed E-state index contributed by atoms with van der Waals surface area (Å²) in [5.74, 6) is 0.433. The summed E-state index contributed by atoms with van der Waals surface area (Å²) in [6.07, 6.45) is 0.777. The Balaban J connectivity index is 1.69. The van der Waals surface area contributed by atoms with Gasteiger partial charge in [0.1, 0.15) is 5.69 Å². The summed E-state index contributed by atoms with van der Waals surface area (Å²) in [7, 11) is 1.57. The molecule has 7 nitrogen and oxygen atoms in total. The Morgan fingerprint density at radius 1 is 1.21 bits per heavy atom. The number of methoxy groups -OCH3 is 1. The maximum atomic E-state index is 12.5. The highest BCUT2D eigenvalue weighted by Crippen LogP contribution is 2.22. The van der Waals surface area contributed by atoms with Gasteiger partial charge in [-0.25, -0.2) is 9.97 Å². The number of aryl methyl sites for hydroxylation is 3. The van der Waals surface area contributed by atoms with Crippen molar-refractivity contribution in [2.45, 2.75) is 53.1 Å². The average molecular weight is 381 g/mol. The Morgan fingerprint density at radius 2 is 1.89 bits per heavy atom. The zero-order valence-corrected chi connectivity index (χ0v) is 17.1. The molecule has 0 aliphatic carbocycles. The van der Waals surface area contributed by atoms with E-state index in [4.69, 9.17) is 4.74 Å². The minimum atomic E-state index is -0.0996. The minimum Gasteiger partial charge on any atom is -0.480 e. The molecule has 1 atom stereocenters. The standard InChI is InChI=1S/C21H27N5O2/c1-6-26-15(4)20(14(3)25-26)13(2)22-19(27)12-11-18-21(28-5)24-17-10-8-7-9-16(17)23-18/h7-10,13H,6,11-12H2,1-5H3,(H,22,27)/t13-/m0/s1. The largest absolute Gasteiger partial charge is 0.480 e. The van der Waals surface area contributed by atoms with Crippen molar-refractivity contribution in [3.05, 3.63) is 46.9 Å². The molecule has 0 saturated heterocycles. The number of ether oxygens (including phenoxy) is 1. The number of hydrogen-bond acceptors (Lipinski definition) is 5. The first kappa shape index (κ1) is 19.8. The highest BCUT2D eigenvalue weighted by Gasteiger charge is 2.19. The predicted molar refractivity (Wildman–Crippen MR) is 108 cm³/mol. The number of aromatic nitrogens is 4. The summed E-state index contributed by atoms with van der Waals surface area (Å²) in [6.45, 7) is 8.88. The van der Waals surface area contributed by atoms with Crippen LogP contribution in [-0.4, -0.2) is 32.8 Å². The van der Waals surface area contributed by atoms with Crippen LogP contribution in [0.4, 0.5) is 0 Å². The van der Waals surface area contributed by atoms with Crippen molar-refractivity contribution in [3.63, 3.8) is 0 Å². The second kappa shape index (κ2) is 8.37. The van der Waals surface area contributed by atoms with Crippen LogP contribution in [0.1, 0.15) is 49.0 Å². The fourth-order valence-electron chi connectivity index (χ4n) is 3.61. The second-order valence-corrected chi connectivity index (χ2v) is 6.86. The monoisotopic (exact) mass is 381 g/mol. The molecule has 0 saturated carbocycles. The second-order valence-electron chi connectivity index (χ2n) is 6.86. The third-order valence-electron chi connectivity index (χ3n) is 4.94. The molecule has 0 spiro atoms. The van der Waals surface area contributed by atoms with Crippen LogP contribution < -0.4 is 10.1 Å². The lowest BCUT2D eigenvalue weighted by molar-refractivity contribution is -0.121. The van der Waals surface area contributed by atoms with Crippen LogP contribution >= 0.6 is 0 Å². The Bertz CT molecular complexity index is 996. The van der Waals surface area contributed by atoms with E-state index in [1.165, 1.54) is 0 Å². The zero-order chi connectivity index (χ0) is 20.3. The van der Waals surface area contributed by atoms with Crippen LogP contribution in [0, 0.1) is 13.8 Å². The molecule has 1 N–H and O–H groups in total. The molecule has 0 aliphatic heterocycles. The van der Waals surface area contributed by atoms with Crippen LogP contribution in [0.3, 0.4) is 0 Å². The first-order valence-electron chi connectivity index (χ1n) is 9.57. The number of hydrogen-bond donors (Lipinski definition) is 1. The summed E-state index contributed by atoms with van der Waals surface area (Å²) in [4.78, 5) is 21.6.